The molecule has 0 aromatic heterocycles. The molecule has 1 saturated carbocycles. The molecule has 1 aromatic carbocycles. The van der Waals surface area contributed by atoms with Crippen molar-refractivity contribution in [3.8, 4) is 0 Å². The van der Waals surface area contributed by atoms with E-state index in [1.165, 1.54) is 37.9 Å². The van der Waals surface area contributed by atoms with E-state index in [-0.39, 0.29) is 24.0 Å². The normalized spacial score (nSPS) is 21.1. The number of guanidine groups is 1. The van der Waals surface area contributed by atoms with E-state index in [9.17, 15) is 0 Å². The molecule has 2 aliphatic rings. The van der Waals surface area contributed by atoms with E-state index in [1.807, 2.05) is 0 Å². The van der Waals surface area contributed by atoms with Gasteiger partial charge >= 0.3 is 0 Å². The summed E-state index contributed by atoms with van der Waals surface area (Å²) in [5, 5.41) is 3.44. The number of benzene rings is 1. The van der Waals surface area contributed by atoms with Crippen LogP contribution in [0.25, 0.3) is 0 Å². The van der Waals surface area contributed by atoms with E-state index in [0.717, 1.165) is 42.0 Å². The van der Waals surface area contributed by atoms with E-state index >= 15 is 0 Å². The molecule has 4 nitrogen and oxygen atoms in total. The lowest BCUT2D eigenvalue weighted by Gasteiger charge is -2.23. The number of likely N-dealkylation sites (tertiary alicyclic amines) is 1. The SMILES string of the molecule is CCNC(=NCC1CCN(C2CC2)C1)N(C)Cc1ccc(Br)cc1.I. The molecule has 6 heteroatoms. The van der Waals surface area contributed by atoms with Crippen LogP contribution >= 0.6 is 39.9 Å². The zero-order valence-corrected chi connectivity index (χ0v) is 19.2. The van der Waals surface area contributed by atoms with Crippen LogP contribution in [0.5, 0.6) is 0 Å². The van der Waals surface area contributed by atoms with E-state index in [0.29, 0.717) is 0 Å². The van der Waals surface area contributed by atoms with Gasteiger partial charge in [-0.1, -0.05) is 28.1 Å². The fourth-order valence-electron chi connectivity index (χ4n) is 3.41. The van der Waals surface area contributed by atoms with Crippen molar-refractivity contribution in [2.75, 3.05) is 33.2 Å². The van der Waals surface area contributed by atoms with Gasteiger partial charge in [-0.15, -0.1) is 24.0 Å². The summed E-state index contributed by atoms with van der Waals surface area (Å²) < 4.78 is 1.12. The minimum absolute atomic E-state index is 0. The van der Waals surface area contributed by atoms with Crippen molar-refractivity contribution in [3.63, 3.8) is 0 Å². The minimum atomic E-state index is 0. The van der Waals surface area contributed by atoms with Crippen LogP contribution in [-0.2, 0) is 6.54 Å². The highest BCUT2D eigenvalue weighted by Crippen LogP contribution is 2.31. The molecule has 1 unspecified atom stereocenters. The van der Waals surface area contributed by atoms with Gasteiger partial charge in [0.05, 0.1) is 0 Å². The summed E-state index contributed by atoms with van der Waals surface area (Å²) in [5.41, 5.74) is 1.30. The first-order chi connectivity index (χ1) is 11.7. The van der Waals surface area contributed by atoms with Crippen LogP contribution < -0.4 is 5.32 Å². The second kappa shape index (κ2) is 10.1. The molecule has 2 fully saturated rings. The molecule has 3 rings (SSSR count). The third kappa shape index (κ3) is 6.40. The monoisotopic (exact) mass is 520 g/mol. The van der Waals surface area contributed by atoms with Crippen LogP contribution in [0, 0.1) is 5.92 Å². The lowest BCUT2D eigenvalue weighted by atomic mass is 10.1. The van der Waals surface area contributed by atoms with Crippen LogP contribution in [0.2, 0.25) is 0 Å². The van der Waals surface area contributed by atoms with Gasteiger partial charge in [0.2, 0.25) is 0 Å². The Morgan fingerprint density at radius 1 is 1.28 bits per heavy atom. The van der Waals surface area contributed by atoms with Gasteiger partial charge in [-0.25, -0.2) is 0 Å². The molecule has 140 valence electrons. The quantitative estimate of drug-likeness (QED) is 0.350. The Kier molecular flexibility index (Phi) is 8.48. The van der Waals surface area contributed by atoms with Crippen LogP contribution in [0.3, 0.4) is 0 Å². The average Bonchev–Trinajstić information content (AvgIpc) is 3.32. The number of nitrogens with one attached hydrogen (secondary N) is 1. The van der Waals surface area contributed by atoms with Crippen molar-refractivity contribution in [2.24, 2.45) is 10.9 Å². The maximum Gasteiger partial charge on any atom is 0.193 e. The molecule has 0 amide bonds. The molecule has 1 saturated heterocycles. The number of nitrogens with zero attached hydrogens (tertiary/aromatic N) is 3. The van der Waals surface area contributed by atoms with Gasteiger partial charge in [-0.2, -0.15) is 0 Å². The van der Waals surface area contributed by atoms with Crippen LogP contribution in [0.4, 0.5) is 0 Å². The van der Waals surface area contributed by atoms with Gasteiger partial charge < -0.3 is 15.1 Å². The predicted molar refractivity (Wildman–Crippen MR) is 120 cm³/mol. The van der Waals surface area contributed by atoms with Gasteiger partial charge in [0.1, 0.15) is 0 Å². The largest absolute Gasteiger partial charge is 0.357 e. The molecule has 1 heterocycles. The predicted octanol–water partition coefficient (Wildman–Crippen LogP) is 3.95. The second-order valence-corrected chi connectivity index (χ2v) is 7.97. The standard InChI is InChI=1S/C19H29BrN4.HI/c1-3-21-19(23(2)13-15-4-6-17(20)7-5-15)22-12-16-10-11-24(14-16)18-8-9-18;/h4-7,16,18H,3,8-14H2,1-2H3,(H,21,22);1H. The third-order valence-electron chi connectivity index (χ3n) is 4.91. The Morgan fingerprint density at radius 3 is 2.64 bits per heavy atom. The fourth-order valence-corrected chi connectivity index (χ4v) is 3.67. The first-order valence-electron chi connectivity index (χ1n) is 9.13. The van der Waals surface area contributed by atoms with Crippen molar-refractivity contribution >= 4 is 45.9 Å². The Hall–Kier alpha value is -0.340. The number of hydrogen-bond acceptors (Lipinski definition) is 2. The Labute approximate surface area is 177 Å². The molecule has 0 spiro atoms. The summed E-state index contributed by atoms with van der Waals surface area (Å²) in [5.74, 6) is 1.74. The van der Waals surface area contributed by atoms with Crippen LogP contribution in [0.1, 0.15) is 31.7 Å². The van der Waals surface area contributed by atoms with Gasteiger partial charge in [-0.3, -0.25) is 4.99 Å². The number of halogens is 2. The van der Waals surface area contributed by atoms with Crippen LogP contribution in [-0.4, -0.2) is 55.0 Å². The summed E-state index contributed by atoms with van der Waals surface area (Å²) >= 11 is 3.49. The highest BCUT2D eigenvalue weighted by molar-refractivity contribution is 14.0. The smallest absolute Gasteiger partial charge is 0.193 e. The molecular weight excluding hydrogens is 491 g/mol. The summed E-state index contributed by atoms with van der Waals surface area (Å²) in [6.07, 6.45) is 4.12. The number of hydrogen-bond donors (Lipinski definition) is 1. The minimum Gasteiger partial charge on any atom is -0.357 e. The van der Waals surface area contributed by atoms with Gasteiger partial charge in [0, 0.05) is 43.7 Å². The Bertz CT molecular complexity index is 559. The number of aliphatic imine (C=N–C) groups is 1. The second-order valence-electron chi connectivity index (χ2n) is 7.06. The summed E-state index contributed by atoms with van der Waals surface area (Å²) in [4.78, 5) is 9.81. The van der Waals surface area contributed by atoms with E-state index in [2.05, 4.69) is 69.3 Å². The zero-order valence-electron chi connectivity index (χ0n) is 15.2. The fraction of sp³-hybridized carbons (Fsp3) is 0.632. The molecule has 1 N–H and O–H groups in total. The highest BCUT2D eigenvalue weighted by Gasteiger charge is 2.34. The molecule has 1 aromatic rings. The molecule has 1 aliphatic carbocycles. The van der Waals surface area contributed by atoms with Gasteiger partial charge in [-0.05, 0) is 56.3 Å². The summed E-state index contributed by atoms with van der Waals surface area (Å²) in [6, 6.07) is 9.41. The number of rotatable bonds is 6. The van der Waals surface area contributed by atoms with Crippen molar-refractivity contribution in [3.05, 3.63) is 34.3 Å². The average molecular weight is 521 g/mol. The lowest BCUT2D eigenvalue weighted by Crippen LogP contribution is -2.39. The van der Waals surface area contributed by atoms with E-state index < -0.39 is 0 Å². The topological polar surface area (TPSA) is 30.9 Å². The molecule has 1 atom stereocenters. The Morgan fingerprint density at radius 2 is 2.00 bits per heavy atom. The van der Waals surface area contributed by atoms with Gasteiger partial charge in [0.25, 0.3) is 0 Å². The zero-order chi connectivity index (χ0) is 16.9. The van der Waals surface area contributed by atoms with Crippen LogP contribution in [0.15, 0.2) is 33.7 Å². The summed E-state index contributed by atoms with van der Waals surface area (Å²) in [7, 11) is 2.12. The molecular formula is C19H30BrIN4. The molecule has 0 radical (unpaired) electrons. The molecule has 25 heavy (non-hydrogen) atoms. The maximum absolute atomic E-state index is 4.92. The molecule has 1 aliphatic heterocycles. The van der Waals surface area contributed by atoms with Gasteiger partial charge in [0.15, 0.2) is 5.96 Å². The van der Waals surface area contributed by atoms with Crippen molar-refractivity contribution in [1.29, 1.82) is 0 Å². The summed E-state index contributed by atoms with van der Waals surface area (Å²) in [6.45, 7) is 7.37. The first-order valence-corrected chi connectivity index (χ1v) is 9.93. The van der Waals surface area contributed by atoms with E-state index in [4.69, 9.17) is 4.99 Å². The lowest BCUT2D eigenvalue weighted by molar-refractivity contribution is 0.315. The highest BCUT2D eigenvalue weighted by atomic mass is 127. The van der Waals surface area contributed by atoms with Crippen molar-refractivity contribution < 1.29 is 0 Å². The van der Waals surface area contributed by atoms with Crippen molar-refractivity contribution in [1.82, 2.24) is 15.1 Å². The first kappa shape index (κ1) is 21.0. The molecule has 0 bridgehead atoms. The van der Waals surface area contributed by atoms with Crippen molar-refractivity contribution in [2.45, 2.75) is 38.8 Å². The Balaban J connectivity index is 0.00000225. The third-order valence-corrected chi connectivity index (χ3v) is 5.44. The maximum atomic E-state index is 4.92. The van der Waals surface area contributed by atoms with E-state index in [1.54, 1.807) is 0 Å².